The Balaban J connectivity index is 2.53. The minimum Gasteiger partial charge on any atom is -0.619 e. The molecule has 1 aromatic rings. The number of hydroxylamine groups is 2. The molecule has 0 radical (unpaired) electrons. The Hall–Kier alpha value is -1.91. The third-order valence-corrected chi connectivity index (χ3v) is 2.47. The van der Waals surface area contributed by atoms with Crippen molar-refractivity contribution < 1.29 is 9.48 Å². The number of pyridine rings is 1. The second-order valence-corrected chi connectivity index (χ2v) is 3.89. The average molecular weight is 205 g/mol. The van der Waals surface area contributed by atoms with Crippen molar-refractivity contribution in [3.8, 4) is 0 Å². The minimum atomic E-state index is -0.865. The second kappa shape index (κ2) is 3.05. The van der Waals surface area contributed by atoms with E-state index in [-0.39, 0.29) is 0 Å². The van der Waals surface area contributed by atoms with Gasteiger partial charge in [-0.2, -0.15) is 0 Å². The van der Waals surface area contributed by atoms with Crippen LogP contribution in [0.4, 0.5) is 0 Å². The molecule has 0 saturated heterocycles. The highest BCUT2D eigenvalue weighted by atomic mass is 16.5. The Morgan fingerprint density at radius 2 is 2.00 bits per heavy atom. The van der Waals surface area contributed by atoms with Crippen molar-refractivity contribution in [1.29, 1.82) is 0 Å². The Bertz CT molecular complexity index is 449. The van der Waals surface area contributed by atoms with E-state index in [9.17, 15) is 10.4 Å². The minimum absolute atomic E-state index is 0.373. The first-order valence-electron chi connectivity index (χ1n) is 4.60. The molecule has 1 aliphatic heterocycles. The zero-order valence-corrected chi connectivity index (χ0v) is 8.54. The summed E-state index contributed by atoms with van der Waals surface area (Å²) < 4.78 is 1.22. The van der Waals surface area contributed by atoms with Crippen LogP contribution >= 0.6 is 0 Å². The number of nitrogens with zero attached hydrogens (tertiary/aromatic N) is 3. The highest BCUT2D eigenvalue weighted by Gasteiger charge is 2.47. The molecule has 1 aliphatic rings. The molecule has 0 aromatic carbocycles. The summed E-state index contributed by atoms with van der Waals surface area (Å²) in [7, 11) is 0. The van der Waals surface area contributed by atoms with Crippen molar-refractivity contribution in [2.24, 2.45) is 0 Å². The fourth-order valence-electron chi connectivity index (χ4n) is 1.60. The van der Waals surface area contributed by atoms with E-state index in [1.807, 2.05) is 0 Å². The first-order valence-corrected chi connectivity index (χ1v) is 4.60. The molecule has 5 heteroatoms. The van der Waals surface area contributed by atoms with Crippen molar-refractivity contribution >= 4 is 12.1 Å². The van der Waals surface area contributed by atoms with Crippen LogP contribution in [0.3, 0.4) is 0 Å². The van der Waals surface area contributed by atoms with Gasteiger partial charge < -0.3 is 10.4 Å². The van der Waals surface area contributed by atoms with E-state index in [4.69, 9.17) is 0 Å². The van der Waals surface area contributed by atoms with Gasteiger partial charge in [-0.05, 0) is 12.1 Å². The summed E-state index contributed by atoms with van der Waals surface area (Å²) in [5.74, 6) is 0. The topological polar surface area (TPSA) is 65.0 Å². The second-order valence-electron chi connectivity index (χ2n) is 3.89. The average Bonchev–Trinajstić information content (AvgIpc) is 2.37. The Morgan fingerprint density at radius 1 is 1.27 bits per heavy atom. The number of hydrogen-bond acceptors (Lipinski definition) is 3. The van der Waals surface area contributed by atoms with Crippen LogP contribution in [0, 0.1) is 10.4 Å². The smallest absolute Gasteiger partial charge is 0.425 e. The van der Waals surface area contributed by atoms with Gasteiger partial charge in [0.25, 0.3) is 11.3 Å². The van der Waals surface area contributed by atoms with E-state index < -0.39 is 5.54 Å². The molecule has 0 spiro atoms. The highest BCUT2D eigenvalue weighted by Crippen LogP contribution is 2.19. The zero-order chi connectivity index (χ0) is 11.1. The lowest BCUT2D eigenvalue weighted by Gasteiger charge is -2.15. The molecule has 0 saturated carbocycles. The van der Waals surface area contributed by atoms with Crippen molar-refractivity contribution in [3.05, 3.63) is 40.5 Å². The van der Waals surface area contributed by atoms with E-state index in [1.165, 1.54) is 0 Å². The molecule has 0 amide bonds. The van der Waals surface area contributed by atoms with Crippen molar-refractivity contribution in [1.82, 2.24) is 4.98 Å². The van der Waals surface area contributed by atoms with Crippen molar-refractivity contribution in [3.63, 3.8) is 0 Å². The first kappa shape index (κ1) is 9.64. The fourth-order valence-corrected chi connectivity index (χ4v) is 1.60. The van der Waals surface area contributed by atoms with Gasteiger partial charge in [0.15, 0.2) is 0 Å². The van der Waals surface area contributed by atoms with Gasteiger partial charge in [-0.1, -0.05) is 6.07 Å². The lowest BCUT2D eigenvalue weighted by molar-refractivity contribution is -0.523. The predicted octanol–water partition coefficient (Wildman–Crippen LogP) is 0.712. The Morgan fingerprint density at radius 3 is 2.47 bits per heavy atom. The van der Waals surface area contributed by atoms with E-state index in [0.29, 0.717) is 20.9 Å². The standard InChI is InChI=1S/C10H11N3O2/c1-10(2)9(12(14)7-13(10)15)8-5-3-4-6-11-8/h3-7H,1-2H3. The van der Waals surface area contributed by atoms with Crippen LogP contribution < -0.4 is 0 Å². The van der Waals surface area contributed by atoms with E-state index in [1.54, 1.807) is 38.2 Å². The molecule has 0 atom stereocenters. The molecule has 0 fully saturated rings. The summed E-state index contributed by atoms with van der Waals surface area (Å²) in [6.07, 6.45) is 2.59. The molecule has 5 nitrogen and oxygen atoms in total. The van der Waals surface area contributed by atoms with Crippen LogP contribution in [0.5, 0.6) is 0 Å². The summed E-state index contributed by atoms with van der Waals surface area (Å²) in [6, 6.07) is 5.27. The summed E-state index contributed by atoms with van der Waals surface area (Å²) in [6.45, 7) is 3.39. The Labute approximate surface area is 87.2 Å². The van der Waals surface area contributed by atoms with E-state index >= 15 is 0 Å². The van der Waals surface area contributed by atoms with Gasteiger partial charge in [-0.3, -0.25) is 0 Å². The van der Waals surface area contributed by atoms with Gasteiger partial charge in [-0.25, -0.2) is 4.98 Å². The molecular weight excluding hydrogens is 194 g/mol. The van der Waals surface area contributed by atoms with Gasteiger partial charge in [0.1, 0.15) is 5.69 Å². The molecular formula is C10H11N3O2. The third-order valence-electron chi connectivity index (χ3n) is 2.47. The molecule has 0 N–H and O–H groups in total. The fraction of sp³-hybridized carbons (Fsp3) is 0.300. The van der Waals surface area contributed by atoms with E-state index in [2.05, 4.69) is 4.98 Å². The van der Waals surface area contributed by atoms with Gasteiger partial charge in [0.05, 0.1) is 0 Å². The maximum atomic E-state index is 11.5. The van der Waals surface area contributed by atoms with E-state index in [0.717, 1.165) is 6.34 Å². The number of hydrogen-bond donors (Lipinski definition) is 0. The third kappa shape index (κ3) is 1.36. The molecule has 0 unspecified atom stereocenters. The van der Waals surface area contributed by atoms with Gasteiger partial charge in [0, 0.05) is 20.0 Å². The lowest BCUT2D eigenvalue weighted by atomic mass is 9.96. The van der Waals surface area contributed by atoms with Crippen LogP contribution in [0.2, 0.25) is 0 Å². The summed E-state index contributed by atoms with van der Waals surface area (Å²) in [5.41, 5.74) is 0.0426. The van der Waals surface area contributed by atoms with Gasteiger partial charge in [0.2, 0.25) is 0 Å². The van der Waals surface area contributed by atoms with Crippen LogP contribution in [-0.2, 0) is 0 Å². The molecule has 2 rings (SSSR count). The number of aromatic nitrogens is 1. The lowest BCUT2D eigenvalue weighted by Crippen LogP contribution is -2.39. The number of rotatable bonds is 1. The maximum Gasteiger partial charge on any atom is 0.425 e. The normalized spacial score (nSPS) is 19.2. The quantitative estimate of drug-likeness (QED) is 0.501. The van der Waals surface area contributed by atoms with Gasteiger partial charge in [-0.15, -0.1) is 9.48 Å². The van der Waals surface area contributed by atoms with Crippen LogP contribution in [0.1, 0.15) is 19.5 Å². The monoisotopic (exact) mass is 205 g/mol. The van der Waals surface area contributed by atoms with Crippen LogP contribution in [-0.4, -0.2) is 32.1 Å². The van der Waals surface area contributed by atoms with Gasteiger partial charge >= 0.3 is 6.34 Å². The van der Waals surface area contributed by atoms with Crippen LogP contribution in [0.15, 0.2) is 24.4 Å². The summed E-state index contributed by atoms with van der Waals surface area (Å²) in [4.78, 5) is 4.08. The molecule has 0 bridgehead atoms. The molecule has 78 valence electrons. The molecule has 1 aromatic heterocycles. The largest absolute Gasteiger partial charge is 0.619 e. The van der Waals surface area contributed by atoms with Crippen molar-refractivity contribution in [2.45, 2.75) is 19.4 Å². The van der Waals surface area contributed by atoms with Crippen LogP contribution in [0.25, 0.3) is 0 Å². The zero-order valence-electron chi connectivity index (χ0n) is 8.54. The maximum absolute atomic E-state index is 11.5. The van der Waals surface area contributed by atoms with Crippen molar-refractivity contribution in [2.75, 3.05) is 0 Å². The molecule has 0 aliphatic carbocycles. The molecule has 2 heterocycles. The summed E-state index contributed by atoms with van der Waals surface area (Å²) in [5, 5.41) is 23.0. The Kier molecular flexibility index (Phi) is 1.96. The molecule has 15 heavy (non-hydrogen) atoms. The first-order chi connectivity index (χ1) is 7.03. The summed E-state index contributed by atoms with van der Waals surface area (Å²) >= 11 is 0. The SMILES string of the molecule is CC1(C)C(c2ccccn2)=[N+]([O-])C=[N+]1[O-]. The highest BCUT2D eigenvalue weighted by molar-refractivity contribution is 6.03. The predicted molar refractivity (Wildman–Crippen MR) is 55.7 cm³/mol.